The smallest absolute Gasteiger partial charge is 0.303 e. The predicted molar refractivity (Wildman–Crippen MR) is 217 cm³/mol. The zero-order valence-electron chi connectivity index (χ0n) is 34.7. The molecule has 1 heterocycles. The van der Waals surface area contributed by atoms with Gasteiger partial charge in [-0.3, -0.25) is 33.6 Å². The van der Waals surface area contributed by atoms with E-state index in [1.54, 1.807) is 61.6 Å². The summed E-state index contributed by atoms with van der Waals surface area (Å²) in [6.07, 6.45) is -0.331. The molecule has 58 heavy (non-hydrogen) atoms. The number of carbonyl (C=O) groups is 7. The van der Waals surface area contributed by atoms with E-state index in [9.17, 15) is 33.6 Å². The number of hydrogen-bond donors (Lipinski definition) is 5. The number of nitrogens with one attached hydrogen (secondary N) is 4. The third kappa shape index (κ3) is 15.8. The maximum Gasteiger partial charge on any atom is 0.303 e. The van der Waals surface area contributed by atoms with Gasteiger partial charge < -0.3 is 51.2 Å². The number of likely N-dealkylation sites (N-methyl/N-ethyl adjacent to an activating group) is 1. The number of hydrogen-bond acceptors (Lipinski definition) is 11. The summed E-state index contributed by atoms with van der Waals surface area (Å²) in [4.78, 5) is 96.6. The third-order valence-corrected chi connectivity index (χ3v) is 9.12. The van der Waals surface area contributed by atoms with Crippen LogP contribution in [0.4, 0.5) is 5.69 Å². The second kappa shape index (κ2) is 22.4. The number of benzene rings is 2. The van der Waals surface area contributed by atoms with Crippen molar-refractivity contribution in [3.05, 3.63) is 60.2 Å². The van der Waals surface area contributed by atoms with Crippen LogP contribution in [0.3, 0.4) is 0 Å². The van der Waals surface area contributed by atoms with Gasteiger partial charge in [-0.15, -0.1) is 0 Å². The fraction of sp³-hybridized carbons (Fsp3) is 0.537. The largest absolute Gasteiger partial charge is 0.484 e. The topological polar surface area (TPSA) is 222 Å². The van der Waals surface area contributed by atoms with E-state index in [2.05, 4.69) is 26.2 Å². The third-order valence-electron chi connectivity index (χ3n) is 9.12. The van der Waals surface area contributed by atoms with Crippen molar-refractivity contribution in [2.24, 2.45) is 5.73 Å². The molecule has 2 aromatic rings. The van der Waals surface area contributed by atoms with Gasteiger partial charge in [0.25, 0.3) is 11.8 Å². The second-order valence-corrected chi connectivity index (χ2v) is 15.6. The summed E-state index contributed by atoms with van der Waals surface area (Å²) >= 11 is 0. The molecule has 17 heteroatoms. The molecule has 0 spiro atoms. The van der Waals surface area contributed by atoms with Crippen molar-refractivity contribution in [2.75, 3.05) is 58.8 Å². The van der Waals surface area contributed by atoms with Gasteiger partial charge in [0, 0.05) is 31.7 Å². The molecule has 0 aliphatic carbocycles. The summed E-state index contributed by atoms with van der Waals surface area (Å²) in [5.74, 6) is -4.18. The molecule has 318 valence electrons. The molecule has 0 aromatic heterocycles. The molecule has 2 aromatic carbocycles. The van der Waals surface area contributed by atoms with E-state index in [1.807, 2.05) is 34.9 Å². The zero-order valence-corrected chi connectivity index (χ0v) is 34.7. The minimum Gasteiger partial charge on any atom is -0.484 e. The van der Waals surface area contributed by atoms with Gasteiger partial charge in [0.2, 0.25) is 29.7 Å². The highest BCUT2D eigenvalue weighted by Gasteiger charge is 2.43. The molecule has 1 saturated heterocycles. The summed E-state index contributed by atoms with van der Waals surface area (Å²) in [7, 11) is 5.63. The van der Waals surface area contributed by atoms with Crippen molar-refractivity contribution in [1.82, 2.24) is 31.1 Å². The molecule has 1 aliphatic heterocycles. The van der Waals surface area contributed by atoms with E-state index >= 15 is 0 Å². The first-order valence-corrected chi connectivity index (χ1v) is 19.4. The molecule has 0 radical (unpaired) electrons. The minimum absolute atomic E-state index is 0.00732. The van der Waals surface area contributed by atoms with Crippen LogP contribution in [0.5, 0.6) is 5.75 Å². The van der Waals surface area contributed by atoms with E-state index in [-0.39, 0.29) is 31.3 Å². The molecule has 4 atom stereocenters. The van der Waals surface area contributed by atoms with Crippen LogP contribution in [0, 0.1) is 0 Å². The standard InChI is InChI=1S/C41H60N8O9/c1-27(50)58-37(40(56)49-22-11-15-33(49)39(55)46-41(2,3)4)31(23-28-13-9-8-10-14-28)45-38(54)32(24-34(42)51)44-35(52)26-57-30-18-16-29(17-19-30)48(7)36(53)25-43-20-12-21-47(5)6/h8-10,13-14,16-19,31-33,37,43H,11-12,15,20-26H2,1-7H3,(H2,42,51)(H,44,52)(H,45,54)(H,46,55)/t31-,32-,33-,37-/m0/s1. The Kier molecular flexibility index (Phi) is 18.1. The predicted octanol–water partition coefficient (Wildman–Crippen LogP) is 0.495. The quantitative estimate of drug-likeness (QED) is 0.0863. The molecule has 0 bridgehead atoms. The number of primary amides is 1. The van der Waals surface area contributed by atoms with Gasteiger partial charge in [0.15, 0.2) is 6.61 Å². The highest BCUT2D eigenvalue weighted by Crippen LogP contribution is 2.23. The lowest BCUT2D eigenvalue weighted by Crippen LogP contribution is -2.60. The van der Waals surface area contributed by atoms with Crippen LogP contribution in [0.25, 0.3) is 0 Å². The average Bonchev–Trinajstić information content (AvgIpc) is 3.65. The summed E-state index contributed by atoms with van der Waals surface area (Å²) in [6.45, 7) is 8.06. The van der Waals surface area contributed by atoms with Crippen molar-refractivity contribution in [2.45, 2.75) is 89.6 Å². The molecule has 6 N–H and O–H groups in total. The number of nitrogens with zero attached hydrogens (tertiary/aromatic N) is 3. The lowest BCUT2D eigenvalue weighted by molar-refractivity contribution is -0.162. The molecule has 1 aliphatic rings. The Labute approximate surface area is 340 Å². The minimum atomic E-state index is -1.57. The average molecular weight is 809 g/mol. The summed E-state index contributed by atoms with van der Waals surface area (Å²) in [5.41, 5.74) is 6.20. The van der Waals surface area contributed by atoms with Gasteiger partial charge in [-0.25, -0.2) is 0 Å². The molecule has 3 rings (SSSR count). The number of esters is 1. The molecule has 1 fully saturated rings. The first-order chi connectivity index (χ1) is 27.3. The fourth-order valence-electron chi connectivity index (χ4n) is 6.33. The normalized spacial score (nSPS) is 15.4. The molecule has 0 unspecified atom stereocenters. The van der Waals surface area contributed by atoms with E-state index in [0.29, 0.717) is 36.4 Å². The summed E-state index contributed by atoms with van der Waals surface area (Å²) in [6, 6.07) is 11.8. The Morgan fingerprint density at radius 3 is 2.22 bits per heavy atom. The number of anilines is 1. The number of nitrogens with two attached hydrogens (primary N) is 1. The number of ether oxygens (including phenoxy) is 2. The molecule has 6 amide bonds. The Morgan fingerprint density at radius 2 is 1.62 bits per heavy atom. The van der Waals surface area contributed by atoms with Gasteiger partial charge in [0.05, 0.1) is 19.0 Å². The van der Waals surface area contributed by atoms with Gasteiger partial charge in [-0.2, -0.15) is 0 Å². The number of rotatable bonds is 21. The molecular formula is C41H60N8O9. The summed E-state index contributed by atoms with van der Waals surface area (Å²) in [5, 5.41) is 11.2. The number of amides is 6. The van der Waals surface area contributed by atoms with Crippen molar-refractivity contribution in [3.8, 4) is 5.75 Å². The Morgan fingerprint density at radius 1 is 0.948 bits per heavy atom. The van der Waals surface area contributed by atoms with E-state index in [1.165, 1.54) is 9.80 Å². The van der Waals surface area contributed by atoms with E-state index in [0.717, 1.165) is 19.9 Å². The van der Waals surface area contributed by atoms with Crippen LogP contribution in [0.1, 0.15) is 58.9 Å². The Balaban J connectivity index is 1.73. The number of carbonyl (C=O) groups excluding carboxylic acids is 7. The summed E-state index contributed by atoms with van der Waals surface area (Å²) < 4.78 is 11.2. The molecule has 0 saturated carbocycles. The second-order valence-electron chi connectivity index (χ2n) is 15.6. The molecular weight excluding hydrogens is 748 g/mol. The van der Waals surface area contributed by atoms with Crippen LogP contribution in [-0.4, -0.2) is 135 Å². The molecule has 17 nitrogen and oxygen atoms in total. The van der Waals surface area contributed by atoms with E-state index in [4.69, 9.17) is 15.2 Å². The Hall–Kier alpha value is -5.55. The lowest BCUT2D eigenvalue weighted by atomic mass is 9.98. The van der Waals surface area contributed by atoms with Crippen molar-refractivity contribution < 1.29 is 43.0 Å². The zero-order chi connectivity index (χ0) is 43.0. The SMILES string of the molecule is CC(=O)O[C@H](C(=O)N1CCC[C@H]1C(=O)NC(C)(C)C)[C@H](Cc1ccccc1)NC(=O)[C@H](CC(N)=O)NC(=O)COc1ccc(N(C)C(=O)CNCCCN(C)C)cc1. The van der Waals surface area contributed by atoms with Crippen LogP contribution in [0.15, 0.2) is 54.6 Å². The van der Waals surface area contributed by atoms with Crippen molar-refractivity contribution >= 4 is 47.1 Å². The fourth-order valence-corrected chi connectivity index (χ4v) is 6.33. The highest BCUT2D eigenvalue weighted by atomic mass is 16.5. The maximum absolute atomic E-state index is 14.2. The van der Waals surface area contributed by atoms with Gasteiger partial charge in [0.1, 0.15) is 17.8 Å². The van der Waals surface area contributed by atoms with Crippen LogP contribution < -0.4 is 36.6 Å². The maximum atomic E-state index is 14.2. The number of likely N-dealkylation sites (tertiary alicyclic amines) is 1. The van der Waals surface area contributed by atoms with Crippen molar-refractivity contribution in [3.63, 3.8) is 0 Å². The van der Waals surface area contributed by atoms with Gasteiger partial charge in [-0.05, 0) is 103 Å². The van der Waals surface area contributed by atoms with Crippen LogP contribution >= 0.6 is 0 Å². The van der Waals surface area contributed by atoms with Gasteiger partial charge in [-0.1, -0.05) is 30.3 Å². The monoisotopic (exact) mass is 808 g/mol. The first kappa shape index (κ1) is 46.8. The lowest BCUT2D eigenvalue weighted by Gasteiger charge is -2.34. The van der Waals surface area contributed by atoms with Crippen LogP contribution in [0.2, 0.25) is 0 Å². The van der Waals surface area contributed by atoms with Gasteiger partial charge >= 0.3 is 5.97 Å². The van der Waals surface area contributed by atoms with E-state index < -0.39 is 72.4 Å². The van der Waals surface area contributed by atoms with Crippen molar-refractivity contribution in [1.29, 1.82) is 0 Å². The first-order valence-electron chi connectivity index (χ1n) is 19.4. The van der Waals surface area contributed by atoms with Crippen LogP contribution in [-0.2, 0) is 44.7 Å². The highest BCUT2D eigenvalue weighted by molar-refractivity contribution is 5.95. The Bertz CT molecular complexity index is 1720.